The van der Waals surface area contributed by atoms with E-state index in [1.165, 1.54) is 11.3 Å². The Morgan fingerprint density at radius 2 is 2.45 bits per heavy atom. The summed E-state index contributed by atoms with van der Waals surface area (Å²) < 4.78 is 5.04. The largest absolute Gasteiger partial charge is 0.438 e. The predicted octanol–water partition coefficient (Wildman–Crippen LogP) is 0.222. The lowest BCUT2D eigenvalue weighted by atomic mass is 10.1. The van der Waals surface area contributed by atoms with Crippen LogP contribution in [0.2, 0.25) is 0 Å². The van der Waals surface area contributed by atoms with Crippen LogP contribution >= 0.6 is 11.3 Å². The SMILES string of the molecule is O=C1NC(C(=O)NCCO[N+](=O)[O-])C(c2cccs2)O1. The van der Waals surface area contributed by atoms with Gasteiger partial charge in [0.1, 0.15) is 6.61 Å². The van der Waals surface area contributed by atoms with Crippen LogP contribution < -0.4 is 10.6 Å². The third-order valence-electron chi connectivity index (χ3n) is 2.51. The van der Waals surface area contributed by atoms with Gasteiger partial charge >= 0.3 is 6.09 Å². The van der Waals surface area contributed by atoms with Crippen molar-refractivity contribution in [1.29, 1.82) is 0 Å². The molecule has 1 aromatic rings. The Labute approximate surface area is 117 Å². The van der Waals surface area contributed by atoms with Gasteiger partial charge in [-0.05, 0) is 11.4 Å². The summed E-state index contributed by atoms with van der Waals surface area (Å²) >= 11 is 1.36. The fourth-order valence-electron chi connectivity index (χ4n) is 1.70. The highest BCUT2D eigenvalue weighted by Crippen LogP contribution is 2.29. The molecule has 1 fully saturated rings. The quantitative estimate of drug-likeness (QED) is 0.440. The monoisotopic (exact) mass is 301 g/mol. The van der Waals surface area contributed by atoms with Gasteiger partial charge < -0.3 is 20.2 Å². The third-order valence-corrected chi connectivity index (χ3v) is 3.45. The first-order chi connectivity index (χ1) is 9.58. The van der Waals surface area contributed by atoms with E-state index in [9.17, 15) is 19.7 Å². The number of cyclic esters (lactones) is 1. The molecule has 20 heavy (non-hydrogen) atoms. The summed E-state index contributed by atoms with van der Waals surface area (Å²) in [6.45, 7) is -0.298. The summed E-state index contributed by atoms with van der Waals surface area (Å²) in [6, 6.07) is 2.68. The number of nitrogens with zero attached hydrogens (tertiary/aromatic N) is 1. The molecule has 2 rings (SSSR count). The lowest BCUT2D eigenvalue weighted by Gasteiger charge is -2.15. The van der Waals surface area contributed by atoms with Gasteiger partial charge in [-0.1, -0.05) is 6.07 Å². The van der Waals surface area contributed by atoms with E-state index in [1.807, 2.05) is 0 Å². The fraction of sp³-hybridized carbons (Fsp3) is 0.400. The predicted molar refractivity (Wildman–Crippen MR) is 66.4 cm³/mol. The minimum atomic E-state index is -0.943. The van der Waals surface area contributed by atoms with E-state index in [0.717, 1.165) is 4.88 Å². The van der Waals surface area contributed by atoms with Crippen LogP contribution in [0.25, 0.3) is 0 Å². The second-order valence-electron chi connectivity index (χ2n) is 3.81. The van der Waals surface area contributed by atoms with Crippen LogP contribution in [0.3, 0.4) is 0 Å². The Bertz CT molecular complexity index is 505. The van der Waals surface area contributed by atoms with E-state index in [1.54, 1.807) is 17.5 Å². The topological polar surface area (TPSA) is 120 Å². The number of carbonyl (C=O) groups is 2. The van der Waals surface area contributed by atoms with E-state index in [-0.39, 0.29) is 13.2 Å². The number of carbonyl (C=O) groups excluding carboxylic acids is 2. The van der Waals surface area contributed by atoms with Crippen LogP contribution in [0.15, 0.2) is 17.5 Å². The Hall–Kier alpha value is -2.36. The fourth-order valence-corrected chi connectivity index (χ4v) is 2.49. The van der Waals surface area contributed by atoms with Crippen molar-refractivity contribution in [3.63, 3.8) is 0 Å². The molecule has 2 heterocycles. The van der Waals surface area contributed by atoms with Gasteiger partial charge in [-0.15, -0.1) is 21.5 Å². The number of rotatable bonds is 6. The third kappa shape index (κ3) is 3.35. The van der Waals surface area contributed by atoms with Gasteiger partial charge in [0.05, 0.1) is 0 Å². The van der Waals surface area contributed by atoms with Gasteiger partial charge in [0.2, 0.25) is 5.91 Å². The molecule has 0 saturated carbocycles. The number of hydrogen-bond acceptors (Lipinski definition) is 7. The Kier molecular flexibility index (Phi) is 4.35. The maximum Gasteiger partial charge on any atom is 0.408 e. The summed E-state index contributed by atoms with van der Waals surface area (Å²) in [5.41, 5.74) is 0. The highest BCUT2D eigenvalue weighted by molar-refractivity contribution is 7.10. The molecule has 0 bridgehead atoms. The summed E-state index contributed by atoms with van der Waals surface area (Å²) in [7, 11) is 0. The molecule has 2 amide bonds. The lowest BCUT2D eigenvalue weighted by Crippen LogP contribution is -2.44. The van der Waals surface area contributed by atoms with Gasteiger partial charge in [-0.2, -0.15) is 0 Å². The molecule has 0 aromatic carbocycles. The zero-order valence-electron chi connectivity index (χ0n) is 10.1. The summed E-state index contributed by atoms with van der Waals surface area (Å²) in [6.07, 6.45) is -1.37. The van der Waals surface area contributed by atoms with Crippen LogP contribution in [0, 0.1) is 10.1 Å². The molecule has 10 heteroatoms. The normalized spacial score (nSPS) is 20.9. The first-order valence-corrected chi connectivity index (χ1v) is 6.51. The van der Waals surface area contributed by atoms with Crippen molar-refractivity contribution in [3.05, 3.63) is 32.5 Å². The molecule has 1 aromatic heterocycles. The molecule has 2 atom stereocenters. The number of hydrogen-bond donors (Lipinski definition) is 2. The maximum absolute atomic E-state index is 11.9. The van der Waals surface area contributed by atoms with Crippen molar-refractivity contribution >= 4 is 23.3 Å². The van der Waals surface area contributed by atoms with Crippen molar-refractivity contribution in [2.75, 3.05) is 13.2 Å². The van der Waals surface area contributed by atoms with Crippen LogP contribution in [0.5, 0.6) is 0 Å². The van der Waals surface area contributed by atoms with Gasteiger partial charge in [0, 0.05) is 11.4 Å². The van der Waals surface area contributed by atoms with Crippen molar-refractivity contribution in [2.24, 2.45) is 0 Å². The minimum absolute atomic E-state index is 0.0383. The number of thiophene rings is 1. The van der Waals surface area contributed by atoms with Crippen molar-refractivity contribution in [3.8, 4) is 0 Å². The van der Waals surface area contributed by atoms with Crippen molar-refractivity contribution < 1.29 is 24.3 Å². The number of amides is 2. The summed E-state index contributed by atoms with van der Waals surface area (Å²) in [4.78, 5) is 37.9. The molecule has 1 saturated heterocycles. The van der Waals surface area contributed by atoms with Crippen LogP contribution in [-0.4, -0.2) is 36.3 Å². The Morgan fingerprint density at radius 1 is 1.65 bits per heavy atom. The summed E-state index contributed by atoms with van der Waals surface area (Å²) in [5, 5.41) is 15.6. The van der Waals surface area contributed by atoms with E-state index >= 15 is 0 Å². The van der Waals surface area contributed by atoms with Crippen LogP contribution in [0.1, 0.15) is 11.0 Å². The molecular weight excluding hydrogens is 290 g/mol. The van der Waals surface area contributed by atoms with Gasteiger partial charge in [0.15, 0.2) is 12.1 Å². The van der Waals surface area contributed by atoms with Gasteiger partial charge in [-0.3, -0.25) is 4.79 Å². The number of nitrogens with one attached hydrogen (secondary N) is 2. The molecule has 2 unspecified atom stereocenters. The Morgan fingerprint density at radius 3 is 3.10 bits per heavy atom. The number of alkyl carbamates (subject to hydrolysis) is 1. The average Bonchev–Trinajstić information content (AvgIpc) is 3.02. The van der Waals surface area contributed by atoms with Crippen LogP contribution in [0.4, 0.5) is 4.79 Å². The zero-order valence-corrected chi connectivity index (χ0v) is 10.9. The molecule has 1 aliphatic rings. The van der Waals surface area contributed by atoms with E-state index in [0.29, 0.717) is 0 Å². The summed E-state index contributed by atoms with van der Waals surface area (Å²) in [5.74, 6) is -0.485. The molecule has 9 nitrogen and oxygen atoms in total. The van der Waals surface area contributed by atoms with Gasteiger partial charge in [0.25, 0.3) is 5.09 Å². The highest BCUT2D eigenvalue weighted by Gasteiger charge is 2.40. The first-order valence-electron chi connectivity index (χ1n) is 5.63. The second-order valence-corrected chi connectivity index (χ2v) is 4.79. The standard InChI is InChI=1S/C10H11N3O6S/c14-9(11-3-4-18-13(16)17)7-8(19-10(15)12-7)6-2-1-5-20-6/h1-2,5,7-8H,3-4H2,(H,11,14)(H,12,15). The highest BCUT2D eigenvalue weighted by atomic mass is 32.1. The van der Waals surface area contributed by atoms with E-state index in [4.69, 9.17) is 4.74 Å². The van der Waals surface area contributed by atoms with Crippen LogP contribution in [-0.2, 0) is 14.4 Å². The first kappa shape index (κ1) is 14.1. The van der Waals surface area contributed by atoms with E-state index in [2.05, 4.69) is 15.5 Å². The average molecular weight is 301 g/mol. The molecule has 0 aliphatic carbocycles. The molecule has 0 spiro atoms. The molecule has 108 valence electrons. The van der Waals surface area contributed by atoms with Crippen molar-refractivity contribution in [1.82, 2.24) is 10.6 Å². The maximum atomic E-state index is 11.9. The smallest absolute Gasteiger partial charge is 0.408 e. The minimum Gasteiger partial charge on any atom is -0.438 e. The Balaban J connectivity index is 1.90. The lowest BCUT2D eigenvalue weighted by molar-refractivity contribution is -0.757. The molecular formula is C10H11N3O6S. The molecule has 1 aliphatic heterocycles. The molecule has 0 radical (unpaired) electrons. The zero-order chi connectivity index (χ0) is 14.5. The van der Waals surface area contributed by atoms with Gasteiger partial charge in [-0.25, -0.2) is 4.79 Å². The molecule has 2 N–H and O–H groups in total. The van der Waals surface area contributed by atoms with E-state index < -0.39 is 29.2 Å². The number of ether oxygens (including phenoxy) is 1. The van der Waals surface area contributed by atoms with Crippen molar-refractivity contribution in [2.45, 2.75) is 12.1 Å². The second kappa shape index (κ2) is 6.19.